The van der Waals surface area contributed by atoms with Crippen molar-refractivity contribution in [3.63, 3.8) is 0 Å². The molecule has 2 atom stereocenters. The summed E-state index contributed by atoms with van der Waals surface area (Å²) in [6, 6.07) is 57.2. The summed E-state index contributed by atoms with van der Waals surface area (Å²) in [4.78, 5) is 9.54. The predicted molar refractivity (Wildman–Crippen MR) is 236 cm³/mol. The first-order valence-electron chi connectivity index (χ1n) is 20.0. The summed E-state index contributed by atoms with van der Waals surface area (Å²) < 4.78 is 0. The van der Waals surface area contributed by atoms with E-state index in [4.69, 9.17) is 9.97 Å². The molecule has 5 aromatic carbocycles. The van der Waals surface area contributed by atoms with Crippen LogP contribution in [0, 0.1) is 5.41 Å². The van der Waals surface area contributed by atoms with Crippen molar-refractivity contribution < 1.29 is 0 Å². The molecule has 0 bridgehead atoms. The summed E-state index contributed by atoms with van der Waals surface area (Å²) in [5, 5.41) is 2.56. The van der Waals surface area contributed by atoms with E-state index in [-0.39, 0.29) is 11.3 Å². The number of pyridine rings is 2. The second-order valence-electron chi connectivity index (χ2n) is 15.5. The molecule has 0 saturated carbocycles. The highest BCUT2D eigenvalue weighted by Crippen LogP contribution is 2.52. The Kier molecular flexibility index (Phi) is 8.88. The molecule has 3 aliphatic carbocycles. The van der Waals surface area contributed by atoms with Gasteiger partial charge in [0.2, 0.25) is 0 Å². The summed E-state index contributed by atoms with van der Waals surface area (Å²) in [6.45, 7) is 2.45. The largest absolute Gasteiger partial charge is 0.261 e. The molecule has 57 heavy (non-hydrogen) atoms. The van der Waals surface area contributed by atoms with Gasteiger partial charge in [0.15, 0.2) is 0 Å². The molecule has 272 valence electrons. The third-order valence-corrected chi connectivity index (χ3v) is 12.0. The quantitative estimate of drug-likeness (QED) is 0.163. The van der Waals surface area contributed by atoms with Gasteiger partial charge in [-0.25, -0.2) is 0 Å². The molecule has 2 nitrogen and oxygen atoms in total. The van der Waals surface area contributed by atoms with Gasteiger partial charge in [0.1, 0.15) is 0 Å². The fourth-order valence-corrected chi connectivity index (χ4v) is 9.19. The van der Waals surface area contributed by atoms with Gasteiger partial charge in [0.05, 0.1) is 5.69 Å². The van der Waals surface area contributed by atoms with Crippen LogP contribution in [0.4, 0.5) is 0 Å². The lowest BCUT2D eigenvalue weighted by molar-refractivity contribution is 0.546. The number of nitrogens with zero attached hydrogens (tertiary/aromatic N) is 2. The van der Waals surface area contributed by atoms with Crippen LogP contribution in [-0.2, 0) is 0 Å². The van der Waals surface area contributed by atoms with E-state index in [1.807, 2.05) is 24.5 Å². The minimum atomic E-state index is -0.252. The zero-order valence-corrected chi connectivity index (χ0v) is 32.0. The van der Waals surface area contributed by atoms with Crippen molar-refractivity contribution in [2.24, 2.45) is 5.41 Å². The molecule has 7 aromatic rings. The minimum Gasteiger partial charge on any atom is -0.261 e. The van der Waals surface area contributed by atoms with Gasteiger partial charge in [-0.05, 0) is 139 Å². The smallest absolute Gasteiger partial charge is 0.0702 e. The SMILES string of the molecule is CC12CC=CC=C1C(C1=CC=CC(c3ccccn3)C1)=c1cc(-c3cc(-c4ccccc4)cc(-c4ccccc4)c3)ccc1=C2c1cccc(-c2ccccn2)c1. The number of hydrogen-bond donors (Lipinski definition) is 0. The fraction of sp³-hybridized carbons (Fsp3) is 0.0909. The van der Waals surface area contributed by atoms with Gasteiger partial charge in [-0.3, -0.25) is 9.97 Å². The maximum absolute atomic E-state index is 4.80. The van der Waals surface area contributed by atoms with Crippen LogP contribution in [0.2, 0.25) is 0 Å². The molecule has 0 fully saturated rings. The van der Waals surface area contributed by atoms with Crippen molar-refractivity contribution >= 4 is 11.1 Å². The summed E-state index contributed by atoms with van der Waals surface area (Å²) in [7, 11) is 0. The lowest BCUT2D eigenvalue weighted by Crippen LogP contribution is -2.43. The summed E-state index contributed by atoms with van der Waals surface area (Å²) in [5.74, 6) is 0.202. The minimum absolute atomic E-state index is 0.202. The Labute approximate surface area is 335 Å². The van der Waals surface area contributed by atoms with Crippen LogP contribution in [-0.4, -0.2) is 9.97 Å². The number of rotatable bonds is 7. The Hall–Kier alpha value is -6.90. The highest BCUT2D eigenvalue weighted by atomic mass is 14.7. The molecule has 2 unspecified atom stereocenters. The van der Waals surface area contributed by atoms with Crippen molar-refractivity contribution in [1.29, 1.82) is 0 Å². The van der Waals surface area contributed by atoms with Crippen LogP contribution in [0.15, 0.2) is 218 Å². The second-order valence-corrected chi connectivity index (χ2v) is 15.5. The topological polar surface area (TPSA) is 25.8 Å². The van der Waals surface area contributed by atoms with Gasteiger partial charge in [-0.1, -0.05) is 147 Å². The van der Waals surface area contributed by atoms with E-state index < -0.39 is 0 Å². The standard InChI is InChI=1S/C55H42N2/c1-55-29-11-8-24-50(55)53(43-22-14-20-41(32-43)51-25-9-12-30-56-51)49-37-40(27-28-48(49)54(55)44-23-15-21-42(33-44)52-26-10-13-31-57-52)47-35-45(38-16-4-2-5-17-38)34-46(36-47)39-18-6-3-7-19-39/h2-28,30-31,33-37,41H,29,32H2,1H3. The Balaban J connectivity index is 1.25. The van der Waals surface area contributed by atoms with Gasteiger partial charge in [-0.15, -0.1) is 0 Å². The molecule has 0 radical (unpaired) electrons. The van der Waals surface area contributed by atoms with E-state index >= 15 is 0 Å². The van der Waals surface area contributed by atoms with E-state index in [1.54, 1.807) is 0 Å². The normalized spacial score (nSPS) is 18.4. The number of aromatic nitrogens is 2. The van der Waals surface area contributed by atoms with Crippen molar-refractivity contribution in [1.82, 2.24) is 9.97 Å². The second kappa shape index (κ2) is 14.6. The van der Waals surface area contributed by atoms with Crippen molar-refractivity contribution in [3.05, 3.63) is 239 Å². The van der Waals surface area contributed by atoms with Crippen molar-refractivity contribution in [3.8, 4) is 44.6 Å². The van der Waals surface area contributed by atoms with Gasteiger partial charge < -0.3 is 0 Å². The number of hydrogen-bond acceptors (Lipinski definition) is 2. The fourth-order valence-electron chi connectivity index (χ4n) is 9.19. The van der Waals surface area contributed by atoms with Gasteiger partial charge in [0.25, 0.3) is 0 Å². The van der Waals surface area contributed by atoms with Gasteiger partial charge >= 0.3 is 0 Å². The molecular weight excluding hydrogens is 689 g/mol. The first kappa shape index (κ1) is 34.6. The molecule has 2 heteroatoms. The molecule has 0 N–H and O–H groups in total. The monoisotopic (exact) mass is 730 g/mol. The summed E-state index contributed by atoms with van der Waals surface area (Å²) in [5.41, 5.74) is 16.8. The lowest BCUT2D eigenvalue weighted by Gasteiger charge is -2.41. The molecule has 2 aromatic heterocycles. The molecule has 2 heterocycles. The average molecular weight is 731 g/mol. The Morgan fingerprint density at radius 1 is 0.509 bits per heavy atom. The molecule has 0 aliphatic heterocycles. The lowest BCUT2D eigenvalue weighted by atomic mass is 9.61. The Morgan fingerprint density at radius 3 is 1.86 bits per heavy atom. The molecule has 3 aliphatic rings. The van der Waals surface area contributed by atoms with Gasteiger partial charge in [-0.2, -0.15) is 0 Å². The molecule has 0 spiro atoms. The molecule has 0 amide bonds. The van der Waals surface area contributed by atoms with E-state index in [0.717, 1.165) is 29.8 Å². The van der Waals surface area contributed by atoms with Crippen LogP contribution in [0.3, 0.4) is 0 Å². The predicted octanol–water partition coefficient (Wildman–Crippen LogP) is 12.1. The van der Waals surface area contributed by atoms with Crippen LogP contribution < -0.4 is 10.4 Å². The maximum Gasteiger partial charge on any atom is 0.0702 e. The Bertz CT molecular complexity index is 2830. The first-order chi connectivity index (χ1) is 28.1. The summed E-state index contributed by atoms with van der Waals surface area (Å²) >= 11 is 0. The number of allylic oxidation sites excluding steroid dienone is 8. The van der Waals surface area contributed by atoms with E-state index in [0.29, 0.717) is 0 Å². The van der Waals surface area contributed by atoms with Crippen LogP contribution in [0.25, 0.3) is 55.8 Å². The average Bonchev–Trinajstić information content (AvgIpc) is 3.29. The van der Waals surface area contributed by atoms with E-state index in [1.165, 1.54) is 71.7 Å². The molecular formula is C55H42N2. The van der Waals surface area contributed by atoms with Crippen LogP contribution in [0.5, 0.6) is 0 Å². The highest BCUT2D eigenvalue weighted by Gasteiger charge is 2.40. The zero-order valence-electron chi connectivity index (χ0n) is 32.0. The van der Waals surface area contributed by atoms with Crippen LogP contribution >= 0.6 is 0 Å². The third-order valence-electron chi connectivity index (χ3n) is 12.0. The zero-order chi connectivity index (χ0) is 38.2. The molecule has 0 saturated heterocycles. The number of fused-ring (bicyclic) bond motifs is 2. The third kappa shape index (κ3) is 6.44. The van der Waals surface area contributed by atoms with Crippen LogP contribution in [0.1, 0.15) is 36.9 Å². The Morgan fingerprint density at radius 2 is 1.16 bits per heavy atom. The molecule has 10 rings (SSSR count). The van der Waals surface area contributed by atoms with E-state index in [2.05, 4.69) is 189 Å². The van der Waals surface area contributed by atoms with Gasteiger partial charge in [0, 0.05) is 35.0 Å². The maximum atomic E-state index is 4.80. The number of benzene rings is 5. The highest BCUT2D eigenvalue weighted by molar-refractivity contribution is 5.92. The first-order valence-corrected chi connectivity index (χ1v) is 20.0. The van der Waals surface area contributed by atoms with Crippen molar-refractivity contribution in [2.75, 3.05) is 0 Å². The summed E-state index contributed by atoms with van der Waals surface area (Å²) in [6.07, 6.45) is 19.5. The van der Waals surface area contributed by atoms with Crippen molar-refractivity contribution in [2.45, 2.75) is 25.7 Å². The van der Waals surface area contributed by atoms with E-state index in [9.17, 15) is 0 Å².